The first-order valence-corrected chi connectivity index (χ1v) is 8.69. The fourth-order valence-electron chi connectivity index (χ4n) is 2.55. The van der Waals surface area contributed by atoms with Crippen molar-refractivity contribution < 1.29 is 19.0 Å². The third-order valence-corrected chi connectivity index (χ3v) is 4.12. The van der Waals surface area contributed by atoms with E-state index in [1.807, 2.05) is 31.2 Å². The third-order valence-electron chi connectivity index (χ3n) is 3.88. The number of aryl methyl sites for hydroxylation is 1. The second-order valence-electron chi connectivity index (χ2n) is 5.75. The molecule has 1 aliphatic heterocycles. The number of fused-ring (bicyclic) bond motifs is 1. The van der Waals surface area contributed by atoms with Gasteiger partial charge in [0.1, 0.15) is 0 Å². The Kier molecular flexibility index (Phi) is 5.58. The summed E-state index contributed by atoms with van der Waals surface area (Å²) in [5.41, 5.74) is 3.30. The van der Waals surface area contributed by atoms with Gasteiger partial charge in [0.25, 0.3) is 0 Å². The van der Waals surface area contributed by atoms with Gasteiger partial charge in [-0.05, 0) is 67.5 Å². The van der Waals surface area contributed by atoms with Crippen molar-refractivity contribution in [1.82, 2.24) is 5.32 Å². The van der Waals surface area contributed by atoms with E-state index >= 15 is 0 Å². The van der Waals surface area contributed by atoms with Crippen LogP contribution in [0.1, 0.15) is 28.4 Å². The van der Waals surface area contributed by atoms with Crippen molar-refractivity contribution in [3.8, 4) is 11.5 Å². The highest BCUT2D eigenvalue weighted by Gasteiger charge is 2.13. The molecule has 0 fully saturated rings. The molecule has 0 saturated carbocycles. The van der Waals surface area contributed by atoms with Gasteiger partial charge in [-0.15, -0.1) is 0 Å². The van der Waals surface area contributed by atoms with Crippen LogP contribution in [0.5, 0.6) is 11.5 Å². The number of rotatable bonds is 5. The molecular weight excluding hydrogens is 352 g/mol. The lowest BCUT2D eigenvalue weighted by molar-refractivity contribution is 0.0526. The molecule has 0 unspecified atom stereocenters. The van der Waals surface area contributed by atoms with Gasteiger partial charge < -0.3 is 24.8 Å². The molecule has 7 heteroatoms. The molecule has 1 aliphatic rings. The lowest BCUT2D eigenvalue weighted by atomic mass is 10.1. The topological polar surface area (TPSA) is 68.8 Å². The molecule has 2 N–H and O–H groups in total. The number of nitrogens with one attached hydrogen (secondary N) is 2. The summed E-state index contributed by atoms with van der Waals surface area (Å²) in [6.45, 7) is 4.86. The molecule has 6 nitrogen and oxygen atoms in total. The predicted molar refractivity (Wildman–Crippen MR) is 103 cm³/mol. The summed E-state index contributed by atoms with van der Waals surface area (Å²) in [6.07, 6.45) is 0. The Hall–Kier alpha value is -2.80. The average Bonchev–Trinajstić information content (AvgIpc) is 3.09. The molecule has 136 valence electrons. The first kappa shape index (κ1) is 18.0. The standard InChI is InChI=1S/C19H20N2O4S/c1-3-23-18(22)14-5-6-15(12(2)8-14)21-19(26)20-10-13-4-7-16-17(9-13)25-11-24-16/h4-9H,3,10-11H2,1-2H3,(H2,20,21,26). The van der Waals surface area contributed by atoms with Crippen molar-refractivity contribution >= 4 is 29.0 Å². The summed E-state index contributed by atoms with van der Waals surface area (Å²) in [4.78, 5) is 11.8. The van der Waals surface area contributed by atoms with Gasteiger partial charge in [0.05, 0.1) is 12.2 Å². The first-order valence-electron chi connectivity index (χ1n) is 8.28. The Bertz CT molecular complexity index is 838. The van der Waals surface area contributed by atoms with E-state index in [0.717, 1.165) is 28.3 Å². The number of thiocarbonyl (C=S) groups is 1. The van der Waals surface area contributed by atoms with E-state index in [1.165, 1.54) is 0 Å². The van der Waals surface area contributed by atoms with Gasteiger partial charge in [-0.25, -0.2) is 4.79 Å². The average molecular weight is 372 g/mol. The lowest BCUT2D eigenvalue weighted by Crippen LogP contribution is -2.28. The largest absolute Gasteiger partial charge is 0.462 e. The molecule has 0 spiro atoms. The van der Waals surface area contributed by atoms with Crippen molar-refractivity contribution in [3.05, 3.63) is 53.1 Å². The maximum atomic E-state index is 11.8. The Balaban J connectivity index is 1.57. The van der Waals surface area contributed by atoms with Crippen LogP contribution in [0.3, 0.4) is 0 Å². The van der Waals surface area contributed by atoms with E-state index in [2.05, 4.69) is 10.6 Å². The zero-order valence-electron chi connectivity index (χ0n) is 14.6. The highest BCUT2D eigenvalue weighted by molar-refractivity contribution is 7.80. The number of hydrogen-bond acceptors (Lipinski definition) is 5. The molecule has 2 aromatic carbocycles. The van der Waals surface area contributed by atoms with Gasteiger partial charge in [0, 0.05) is 12.2 Å². The van der Waals surface area contributed by atoms with Crippen LogP contribution >= 0.6 is 12.2 Å². The molecule has 26 heavy (non-hydrogen) atoms. The number of carbonyl (C=O) groups excluding carboxylic acids is 1. The number of hydrogen-bond donors (Lipinski definition) is 2. The predicted octanol–water partition coefficient (Wildman–Crippen LogP) is 3.39. The molecule has 0 aliphatic carbocycles. The highest BCUT2D eigenvalue weighted by atomic mass is 32.1. The van der Waals surface area contributed by atoms with Gasteiger partial charge in [0.15, 0.2) is 16.6 Å². The maximum absolute atomic E-state index is 11.8. The van der Waals surface area contributed by atoms with Crippen LogP contribution < -0.4 is 20.1 Å². The van der Waals surface area contributed by atoms with Gasteiger partial charge >= 0.3 is 5.97 Å². The second-order valence-corrected chi connectivity index (χ2v) is 6.15. The molecule has 0 amide bonds. The summed E-state index contributed by atoms with van der Waals surface area (Å²) in [7, 11) is 0. The molecule has 0 saturated heterocycles. The van der Waals surface area contributed by atoms with Crippen LogP contribution in [0, 0.1) is 6.92 Å². The van der Waals surface area contributed by atoms with Crippen molar-refractivity contribution in [1.29, 1.82) is 0 Å². The summed E-state index contributed by atoms with van der Waals surface area (Å²) in [6, 6.07) is 11.1. The van der Waals surface area contributed by atoms with Crippen LogP contribution in [-0.2, 0) is 11.3 Å². The molecule has 2 aromatic rings. The van der Waals surface area contributed by atoms with Gasteiger partial charge in [-0.3, -0.25) is 0 Å². The molecule has 0 aromatic heterocycles. The van der Waals surface area contributed by atoms with Gasteiger partial charge in [-0.1, -0.05) is 6.07 Å². The summed E-state index contributed by atoms with van der Waals surface area (Å²) in [5, 5.41) is 6.79. The molecule has 3 rings (SSSR count). The molecular formula is C19H20N2O4S. The van der Waals surface area contributed by atoms with Crippen LogP contribution in [0.25, 0.3) is 0 Å². The number of esters is 1. The highest BCUT2D eigenvalue weighted by Crippen LogP contribution is 2.32. The number of ether oxygens (including phenoxy) is 3. The Morgan fingerprint density at radius 2 is 2.00 bits per heavy atom. The number of anilines is 1. The smallest absolute Gasteiger partial charge is 0.338 e. The summed E-state index contributed by atoms with van der Waals surface area (Å²) < 4.78 is 15.7. The zero-order valence-corrected chi connectivity index (χ0v) is 15.4. The Morgan fingerprint density at radius 1 is 1.19 bits per heavy atom. The minimum atomic E-state index is -0.328. The van der Waals surface area contributed by atoms with E-state index in [4.69, 9.17) is 26.4 Å². The summed E-state index contributed by atoms with van der Waals surface area (Å²) >= 11 is 5.35. The molecule has 0 bridgehead atoms. The van der Waals surface area contributed by atoms with Crippen LogP contribution in [0.2, 0.25) is 0 Å². The van der Waals surface area contributed by atoms with E-state index in [1.54, 1.807) is 19.1 Å². The van der Waals surface area contributed by atoms with E-state index in [9.17, 15) is 4.79 Å². The van der Waals surface area contributed by atoms with Gasteiger partial charge in [-0.2, -0.15) is 0 Å². The number of carbonyl (C=O) groups is 1. The fraction of sp³-hybridized carbons (Fsp3) is 0.263. The quantitative estimate of drug-likeness (QED) is 0.616. The van der Waals surface area contributed by atoms with Crippen LogP contribution in [0.4, 0.5) is 5.69 Å². The van der Waals surface area contributed by atoms with E-state index in [-0.39, 0.29) is 12.8 Å². The van der Waals surface area contributed by atoms with Crippen molar-refractivity contribution in [3.63, 3.8) is 0 Å². The Morgan fingerprint density at radius 3 is 2.77 bits per heavy atom. The van der Waals surface area contributed by atoms with Crippen molar-refractivity contribution in [2.45, 2.75) is 20.4 Å². The SMILES string of the molecule is CCOC(=O)c1ccc(NC(=S)NCc2ccc3c(c2)OCO3)c(C)c1. The molecule has 0 radical (unpaired) electrons. The number of benzene rings is 2. The van der Waals surface area contributed by atoms with Gasteiger partial charge in [0.2, 0.25) is 6.79 Å². The minimum absolute atomic E-state index is 0.257. The zero-order chi connectivity index (χ0) is 18.5. The second kappa shape index (κ2) is 8.05. The normalized spacial score (nSPS) is 11.8. The maximum Gasteiger partial charge on any atom is 0.338 e. The lowest BCUT2D eigenvalue weighted by Gasteiger charge is -2.13. The Labute approximate surface area is 157 Å². The van der Waals surface area contributed by atoms with Crippen molar-refractivity contribution in [2.75, 3.05) is 18.7 Å². The summed E-state index contributed by atoms with van der Waals surface area (Å²) in [5.74, 6) is 1.17. The minimum Gasteiger partial charge on any atom is -0.462 e. The fourth-order valence-corrected chi connectivity index (χ4v) is 2.73. The van der Waals surface area contributed by atoms with Crippen LogP contribution in [0.15, 0.2) is 36.4 Å². The third kappa shape index (κ3) is 4.23. The first-order chi connectivity index (χ1) is 12.6. The van der Waals surface area contributed by atoms with Crippen LogP contribution in [-0.4, -0.2) is 24.5 Å². The van der Waals surface area contributed by atoms with Crippen molar-refractivity contribution in [2.24, 2.45) is 0 Å². The van der Waals surface area contributed by atoms with E-state index < -0.39 is 0 Å². The van der Waals surface area contributed by atoms with E-state index in [0.29, 0.717) is 23.8 Å². The molecule has 1 heterocycles. The molecule has 0 atom stereocenters. The monoisotopic (exact) mass is 372 g/mol.